The van der Waals surface area contributed by atoms with E-state index >= 15 is 0 Å². The number of piperazine rings is 1. The van der Waals surface area contributed by atoms with Crippen LogP contribution in [0, 0.1) is 0 Å². The Kier molecular flexibility index (Phi) is 38.6. The molecule has 1 saturated heterocycles. The summed E-state index contributed by atoms with van der Waals surface area (Å²) in [7, 11) is 2.16. The molecule has 1 atom stereocenters. The predicted molar refractivity (Wildman–Crippen MR) is 233 cm³/mol. The summed E-state index contributed by atoms with van der Waals surface area (Å²) in [6.45, 7) is 12.4. The fourth-order valence-electron chi connectivity index (χ4n) is 7.02. The van der Waals surface area contributed by atoms with E-state index in [2.05, 4.69) is 60.3 Å². The van der Waals surface area contributed by atoms with Crippen molar-refractivity contribution in [3.63, 3.8) is 0 Å². The molecule has 0 radical (unpaired) electrons. The number of allylic oxidation sites excluding steroid dienone is 4. The Bertz CT molecular complexity index is 830. The standard InChI is InChI=1S/C47H91N3O4/c1-4-6-8-10-12-14-16-18-20-22-24-26-28-30-32-34-42-52-44-46(45-54-47(51)48-36-37-50-40-38-49(3)39-41-50)53-43-35-33-31-29-27-25-23-21-19-17-15-13-11-9-7-5-2/h18-21,46H,4-17,22-45H2,1-3H3,(H,48,51)/b20-18-,21-19-. The Morgan fingerprint density at radius 1 is 0.556 bits per heavy atom. The first-order valence-corrected chi connectivity index (χ1v) is 23.5. The predicted octanol–water partition coefficient (Wildman–Crippen LogP) is 12.4. The molecule has 0 aliphatic carbocycles. The molecule has 0 aromatic heterocycles. The van der Waals surface area contributed by atoms with Gasteiger partial charge in [-0.3, -0.25) is 4.90 Å². The van der Waals surface area contributed by atoms with Crippen LogP contribution in [-0.4, -0.2) is 94.7 Å². The zero-order valence-corrected chi connectivity index (χ0v) is 36.3. The first-order chi connectivity index (χ1) is 26.7. The van der Waals surface area contributed by atoms with Crippen LogP contribution in [0.25, 0.3) is 0 Å². The number of carbonyl (C=O) groups excluding carboxylic acids is 1. The number of rotatable bonds is 40. The van der Waals surface area contributed by atoms with Gasteiger partial charge in [-0.2, -0.15) is 0 Å². The van der Waals surface area contributed by atoms with E-state index in [-0.39, 0.29) is 18.8 Å². The summed E-state index contributed by atoms with van der Waals surface area (Å²) >= 11 is 0. The second-order valence-corrected chi connectivity index (χ2v) is 16.1. The molecule has 1 aliphatic rings. The molecule has 1 fully saturated rings. The molecule has 0 saturated carbocycles. The highest BCUT2D eigenvalue weighted by Gasteiger charge is 2.15. The monoisotopic (exact) mass is 762 g/mol. The molecule has 0 aromatic carbocycles. The molecule has 318 valence electrons. The number of alkyl carbamates (subject to hydrolysis) is 1. The van der Waals surface area contributed by atoms with E-state index in [1.165, 1.54) is 167 Å². The summed E-state index contributed by atoms with van der Waals surface area (Å²) < 4.78 is 17.8. The van der Waals surface area contributed by atoms with Gasteiger partial charge in [-0.25, -0.2) is 4.79 Å². The third-order valence-electron chi connectivity index (χ3n) is 10.8. The van der Waals surface area contributed by atoms with Crippen molar-refractivity contribution in [2.24, 2.45) is 0 Å². The van der Waals surface area contributed by atoms with Crippen molar-refractivity contribution in [1.82, 2.24) is 15.1 Å². The minimum absolute atomic E-state index is 0.217. The molecule has 7 nitrogen and oxygen atoms in total. The van der Waals surface area contributed by atoms with Crippen LogP contribution in [0.15, 0.2) is 24.3 Å². The lowest BCUT2D eigenvalue weighted by Crippen LogP contribution is -2.47. The lowest BCUT2D eigenvalue weighted by atomic mass is 10.1. The van der Waals surface area contributed by atoms with Crippen LogP contribution in [0.1, 0.15) is 194 Å². The number of hydrogen-bond acceptors (Lipinski definition) is 6. The zero-order valence-electron chi connectivity index (χ0n) is 36.3. The van der Waals surface area contributed by atoms with Crippen molar-refractivity contribution >= 4 is 6.09 Å². The first kappa shape index (κ1) is 50.6. The molecule has 1 N–H and O–H groups in total. The van der Waals surface area contributed by atoms with Gasteiger partial charge in [-0.1, -0.05) is 154 Å². The smallest absolute Gasteiger partial charge is 0.407 e. The summed E-state index contributed by atoms with van der Waals surface area (Å²) in [5.41, 5.74) is 0. The molecule has 1 rings (SSSR count). The summed E-state index contributed by atoms with van der Waals surface area (Å²) in [4.78, 5) is 17.2. The molecule has 0 bridgehead atoms. The van der Waals surface area contributed by atoms with E-state index in [9.17, 15) is 4.79 Å². The van der Waals surface area contributed by atoms with E-state index in [0.29, 0.717) is 19.8 Å². The molecule has 0 spiro atoms. The Morgan fingerprint density at radius 2 is 0.981 bits per heavy atom. The van der Waals surface area contributed by atoms with Crippen LogP contribution in [0.2, 0.25) is 0 Å². The topological polar surface area (TPSA) is 63.3 Å². The third-order valence-corrected chi connectivity index (χ3v) is 10.8. The molecule has 54 heavy (non-hydrogen) atoms. The lowest BCUT2D eigenvalue weighted by molar-refractivity contribution is -0.0468. The minimum atomic E-state index is -0.358. The Hall–Kier alpha value is -1.41. The van der Waals surface area contributed by atoms with Crippen molar-refractivity contribution in [3.8, 4) is 0 Å². The summed E-state index contributed by atoms with van der Waals surface area (Å²) in [5, 5.41) is 2.93. The molecule has 1 unspecified atom stereocenters. The van der Waals surface area contributed by atoms with Gasteiger partial charge in [-0.15, -0.1) is 0 Å². The van der Waals surface area contributed by atoms with Gasteiger partial charge in [0.05, 0.1) is 6.61 Å². The van der Waals surface area contributed by atoms with Crippen LogP contribution in [0.3, 0.4) is 0 Å². The number of carbonyl (C=O) groups is 1. The van der Waals surface area contributed by atoms with E-state index in [0.717, 1.165) is 52.2 Å². The first-order valence-electron chi connectivity index (χ1n) is 23.5. The van der Waals surface area contributed by atoms with Gasteiger partial charge in [0.25, 0.3) is 0 Å². The van der Waals surface area contributed by atoms with Gasteiger partial charge in [-0.05, 0) is 71.3 Å². The van der Waals surface area contributed by atoms with Crippen molar-refractivity contribution in [2.45, 2.75) is 200 Å². The Balaban J connectivity index is 2.14. The van der Waals surface area contributed by atoms with Crippen LogP contribution in [0.4, 0.5) is 4.79 Å². The van der Waals surface area contributed by atoms with Crippen molar-refractivity contribution in [1.29, 1.82) is 0 Å². The molecule has 1 heterocycles. The molecular weight excluding hydrogens is 671 g/mol. The molecule has 1 amide bonds. The summed E-state index contributed by atoms with van der Waals surface area (Å²) in [6, 6.07) is 0. The van der Waals surface area contributed by atoms with Crippen molar-refractivity contribution < 1.29 is 19.0 Å². The minimum Gasteiger partial charge on any atom is -0.447 e. The highest BCUT2D eigenvalue weighted by Crippen LogP contribution is 2.12. The normalized spacial score (nSPS) is 14.8. The van der Waals surface area contributed by atoms with Gasteiger partial charge in [0.1, 0.15) is 12.7 Å². The van der Waals surface area contributed by atoms with Gasteiger partial charge in [0, 0.05) is 52.5 Å². The number of nitrogens with zero attached hydrogens (tertiary/aromatic N) is 2. The largest absolute Gasteiger partial charge is 0.447 e. The third kappa shape index (κ3) is 36.2. The second kappa shape index (κ2) is 41.2. The number of amides is 1. The molecule has 1 aliphatic heterocycles. The van der Waals surface area contributed by atoms with Crippen LogP contribution >= 0.6 is 0 Å². The number of hydrogen-bond donors (Lipinski definition) is 1. The number of nitrogens with one attached hydrogen (secondary N) is 1. The van der Waals surface area contributed by atoms with Crippen LogP contribution in [-0.2, 0) is 14.2 Å². The Labute approximate surface area is 336 Å². The van der Waals surface area contributed by atoms with Crippen LogP contribution in [0.5, 0.6) is 0 Å². The van der Waals surface area contributed by atoms with Crippen molar-refractivity contribution in [2.75, 3.05) is 72.7 Å². The van der Waals surface area contributed by atoms with Gasteiger partial charge < -0.3 is 24.4 Å². The SMILES string of the molecule is CCCCCCCC/C=C\CCCCCCCCOCC(COC(=O)NCCN1CCN(C)CC1)OCCCCCCCC/C=C\CCCCCCCC. The lowest BCUT2D eigenvalue weighted by Gasteiger charge is -2.32. The zero-order chi connectivity index (χ0) is 38.8. The summed E-state index contributed by atoms with van der Waals surface area (Å²) in [6.07, 6.45) is 45.5. The highest BCUT2D eigenvalue weighted by molar-refractivity contribution is 5.67. The van der Waals surface area contributed by atoms with Crippen molar-refractivity contribution in [3.05, 3.63) is 24.3 Å². The van der Waals surface area contributed by atoms with Gasteiger partial charge >= 0.3 is 6.09 Å². The fourth-order valence-corrected chi connectivity index (χ4v) is 7.02. The fraction of sp³-hybridized carbons (Fsp3) is 0.894. The second-order valence-electron chi connectivity index (χ2n) is 16.1. The molecule has 0 aromatic rings. The average Bonchev–Trinajstić information content (AvgIpc) is 3.18. The maximum Gasteiger partial charge on any atom is 0.407 e. The van der Waals surface area contributed by atoms with E-state index < -0.39 is 0 Å². The average molecular weight is 762 g/mol. The van der Waals surface area contributed by atoms with Gasteiger partial charge in [0.2, 0.25) is 0 Å². The molecule has 7 heteroatoms. The quantitative estimate of drug-likeness (QED) is 0.0495. The number of unbranched alkanes of at least 4 members (excludes halogenated alkanes) is 24. The number of likely N-dealkylation sites (N-methyl/N-ethyl adjacent to an activating group) is 1. The summed E-state index contributed by atoms with van der Waals surface area (Å²) in [5.74, 6) is 0. The van der Waals surface area contributed by atoms with E-state index in [1.807, 2.05) is 0 Å². The maximum atomic E-state index is 12.5. The Morgan fingerprint density at radius 3 is 1.46 bits per heavy atom. The van der Waals surface area contributed by atoms with E-state index in [1.54, 1.807) is 0 Å². The number of ether oxygens (including phenoxy) is 3. The highest BCUT2D eigenvalue weighted by atomic mass is 16.6. The van der Waals surface area contributed by atoms with Gasteiger partial charge in [0.15, 0.2) is 0 Å². The molecular formula is C47H91N3O4. The maximum absolute atomic E-state index is 12.5. The van der Waals surface area contributed by atoms with E-state index in [4.69, 9.17) is 14.2 Å². The van der Waals surface area contributed by atoms with Crippen LogP contribution < -0.4 is 5.32 Å².